The van der Waals surface area contributed by atoms with E-state index in [1.165, 1.54) is 76.3 Å². The summed E-state index contributed by atoms with van der Waals surface area (Å²) in [5, 5.41) is 0. The van der Waals surface area contributed by atoms with Gasteiger partial charge in [-0.15, -0.1) is 0 Å². The zero-order valence-corrected chi connectivity index (χ0v) is 17.3. The van der Waals surface area contributed by atoms with Gasteiger partial charge in [-0.05, 0) is 49.8 Å². The molecule has 0 saturated carbocycles. The smallest absolute Gasteiger partial charge is 0.137 e. The van der Waals surface area contributed by atoms with Gasteiger partial charge in [-0.2, -0.15) is 0 Å². The maximum Gasteiger partial charge on any atom is 0.137 e. The number of pyridine rings is 1. The topological polar surface area (TPSA) is 27.0 Å². The molecule has 0 spiro atoms. The average molecular weight is 370 g/mol. The Morgan fingerprint density at radius 2 is 1.85 bits per heavy atom. The van der Waals surface area contributed by atoms with Gasteiger partial charge in [-0.25, -0.2) is 4.98 Å². The Kier molecular flexibility index (Phi) is 5.69. The third kappa shape index (κ3) is 4.14. The van der Waals surface area contributed by atoms with Gasteiger partial charge in [0.15, 0.2) is 0 Å². The lowest BCUT2D eigenvalue weighted by Crippen LogP contribution is -2.47. The molecule has 5 heteroatoms. The van der Waals surface area contributed by atoms with Crippen molar-refractivity contribution in [2.75, 3.05) is 57.8 Å². The Bertz CT molecular complexity index is 738. The van der Waals surface area contributed by atoms with Crippen LogP contribution in [0, 0.1) is 5.92 Å². The van der Waals surface area contributed by atoms with E-state index in [9.17, 15) is 0 Å². The maximum absolute atomic E-state index is 4.50. The van der Waals surface area contributed by atoms with E-state index in [-0.39, 0.29) is 0 Å². The van der Waals surface area contributed by atoms with Gasteiger partial charge in [0.05, 0.1) is 5.69 Å². The van der Waals surface area contributed by atoms with Crippen molar-refractivity contribution in [1.82, 2.24) is 19.2 Å². The number of imidazole rings is 1. The van der Waals surface area contributed by atoms with Crippen molar-refractivity contribution in [1.29, 1.82) is 0 Å². The maximum atomic E-state index is 4.50. The molecule has 2 aromatic heterocycles. The summed E-state index contributed by atoms with van der Waals surface area (Å²) >= 11 is 0. The standard InChI is InChI=1S/C22H35N5/c1-4-18(2)20-15-22-23-7-10-27(22)17-21(20)26-8-5-19(6-9-26)16-25-13-11-24(3)12-14-25/h7,10,15,17-19H,4-6,8-9,11-14,16H2,1-3H3. The lowest BCUT2D eigenvalue weighted by molar-refractivity contribution is 0.129. The summed E-state index contributed by atoms with van der Waals surface area (Å²) < 4.78 is 2.18. The molecule has 2 aliphatic rings. The first-order chi connectivity index (χ1) is 13.1. The molecule has 2 saturated heterocycles. The normalized spacial score (nSPS) is 21.8. The number of hydrogen-bond donors (Lipinski definition) is 0. The SMILES string of the molecule is CCC(C)c1cc2nccn2cc1N1CCC(CN2CCN(C)CC2)CC1. The second-order valence-corrected chi connectivity index (χ2v) is 8.65. The summed E-state index contributed by atoms with van der Waals surface area (Å²) in [6.07, 6.45) is 10.1. The van der Waals surface area contributed by atoms with Gasteiger partial charge in [0.25, 0.3) is 0 Å². The zero-order valence-electron chi connectivity index (χ0n) is 17.3. The molecule has 4 heterocycles. The molecule has 1 atom stereocenters. The minimum atomic E-state index is 0.574. The fourth-order valence-electron chi connectivity index (χ4n) is 4.60. The molecule has 27 heavy (non-hydrogen) atoms. The van der Waals surface area contributed by atoms with E-state index in [4.69, 9.17) is 0 Å². The summed E-state index contributed by atoms with van der Waals surface area (Å²) in [5.41, 5.74) is 3.96. The van der Waals surface area contributed by atoms with Crippen molar-refractivity contribution in [2.24, 2.45) is 5.92 Å². The first kappa shape index (κ1) is 18.8. The number of piperidine rings is 1. The molecule has 1 unspecified atom stereocenters. The molecule has 148 valence electrons. The largest absolute Gasteiger partial charge is 0.370 e. The van der Waals surface area contributed by atoms with Crippen LogP contribution in [0.3, 0.4) is 0 Å². The van der Waals surface area contributed by atoms with Crippen LogP contribution in [0.4, 0.5) is 5.69 Å². The van der Waals surface area contributed by atoms with E-state index in [1.807, 2.05) is 6.20 Å². The van der Waals surface area contributed by atoms with Crippen LogP contribution in [0.25, 0.3) is 5.65 Å². The molecule has 0 amide bonds. The first-order valence-electron chi connectivity index (χ1n) is 10.8. The second kappa shape index (κ2) is 8.19. The molecule has 0 radical (unpaired) electrons. The number of aromatic nitrogens is 2. The van der Waals surface area contributed by atoms with Crippen LogP contribution in [-0.4, -0.2) is 72.0 Å². The van der Waals surface area contributed by atoms with Gasteiger partial charge >= 0.3 is 0 Å². The fraction of sp³-hybridized carbons (Fsp3) is 0.682. The van der Waals surface area contributed by atoms with Crippen LogP contribution >= 0.6 is 0 Å². The Hall–Kier alpha value is -1.59. The van der Waals surface area contributed by atoms with Crippen LogP contribution in [0.1, 0.15) is 44.6 Å². The third-order valence-electron chi connectivity index (χ3n) is 6.75. The van der Waals surface area contributed by atoms with Crippen LogP contribution in [0.5, 0.6) is 0 Å². The van der Waals surface area contributed by atoms with Gasteiger partial charge < -0.3 is 19.1 Å². The van der Waals surface area contributed by atoms with E-state index in [0.29, 0.717) is 5.92 Å². The van der Waals surface area contributed by atoms with E-state index < -0.39 is 0 Å². The predicted molar refractivity (Wildman–Crippen MR) is 113 cm³/mol. The number of nitrogens with zero attached hydrogens (tertiary/aromatic N) is 5. The van der Waals surface area contributed by atoms with Gasteiger partial charge in [0, 0.05) is 64.4 Å². The summed E-state index contributed by atoms with van der Waals surface area (Å²) in [4.78, 5) is 12.3. The van der Waals surface area contributed by atoms with Crippen LogP contribution in [0.15, 0.2) is 24.7 Å². The van der Waals surface area contributed by atoms with Gasteiger partial charge in [-0.3, -0.25) is 0 Å². The van der Waals surface area contributed by atoms with Crippen molar-refractivity contribution in [3.63, 3.8) is 0 Å². The number of fused-ring (bicyclic) bond motifs is 1. The van der Waals surface area contributed by atoms with Crippen LogP contribution < -0.4 is 4.90 Å². The molecule has 5 nitrogen and oxygen atoms in total. The summed E-state index contributed by atoms with van der Waals surface area (Å²) in [6.45, 7) is 13.2. The molecular weight excluding hydrogens is 334 g/mol. The highest BCUT2D eigenvalue weighted by Crippen LogP contribution is 2.33. The van der Waals surface area contributed by atoms with Crippen molar-refractivity contribution in [2.45, 2.75) is 39.0 Å². The van der Waals surface area contributed by atoms with Crippen molar-refractivity contribution < 1.29 is 0 Å². The van der Waals surface area contributed by atoms with E-state index >= 15 is 0 Å². The van der Waals surface area contributed by atoms with Crippen LogP contribution in [0.2, 0.25) is 0 Å². The lowest BCUT2D eigenvalue weighted by Gasteiger charge is -2.39. The Labute approximate surface area is 164 Å². The van der Waals surface area contributed by atoms with Crippen molar-refractivity contribution in [3.05, 3.63) is 30.2 Å². The van der Waals surface area contributed by atoms with Crippen molar-refractivity contribution in [3.8, 4) is 0 Å². The molecule has 0 N–H and O–H groups in total. The predicted octanol–water partition coefficient (Wildman–Crippen LogP) is 3.31. The Morgan fingerprint density at radius 3 is 2.56 bits per heavy atom. The molecule has 2 fully saturated rings. The molecule has 2 aromatic rings. The summed E-state index contributed by atoms with van der Waals surface area (Å²) in [5.74, 6) is 1.43. The lowest BCUT2D eigenvalue weighted by atomic mass is 9.93. The Morgan fingerprint density at radius 1 is 1.11 bits per heavy atom. The highest BCUT2D eigenvalue weighted by Gasteiger charge is 2.25. The van der Waals surface area contributed by atoms with E-state index in [1.54, 1.807) is 0 Å². The monoisotopic (exact) mass is 369 g/mol. The summed E-state index contributed by atoms with van der Waals surface area (Å²) in [6, 6.07) is 2.31. The second-order valence-electron chi connectivity index (χ2n) is 8.65. The van der Waals surface area contributed by atoms with E-state index in [0.717, 1.165) is 11.6 Å². The van der Waals surface area contributed by atoms with Gasteiger partial charge in [-0.1, -0.05) is 13.8 Å². The highest BCUT2D eigenvalue weighted by atomic mass is 15.2. The first-order valence-corrected chi connectivity index (χ1v) is 10.8. The number of anilines is 1. The highest BCUT2D eigenvalue weighted by molar-refractivity contribution is 5.60. The average Bonchev–Trinajstić information content (AvgIpc) is 3.16. The molecule has 0 bridgehead atoms. The molecule has 0 aliphatic carbocycles. The van der Waals surface area contributed by atoms with Gasteiger partial charge in [0.2, 0.25) is 0 Å². The minimum Gasteiger partial charge on any atom is -0.370 e. The minimum absolute atomic E-state index is 0.574. The molecular formula is C22H35N5. The zero-order chi connectivity index (χ0) is 18.8. The number of piperazine rings is 1. The third-order valence-corrected chi connectivity index (χ3v) is 6.75. The fourth-order valence-corrected chi connectivity index (χ4v) is 4.60. The van der Waals surface area contributed by atoms with Gasteiger partial charge in [0.1, 0.15) is 5.65 Å². The van der Waals surface area contributed by atoms with Crippen molar-refractivity contribution >= 4 is 11.3 Å². The Balaban J connectivity index is 1.43. The molecule has 0 aromatic carbocycles. The van der Waals surface area contributed by atoms with Crippen LogP contribution in [-0.2, 0) is 0 Å². The number of rotatable bonds is 5. The molecule has 4 rings (SSSR count). The quantitative estimate of drug-likeness (QED) is 0.808. The molecule has 2 aliphatic heterocycles. The summed E-state index contributed by atoms with van der Waals surface area (Å²) in [7, 11) is 2.24. The number of hydrogen-bond acceptors (Lipinski definition) is 4. The number of likely N-dealkylation sites (N-methyl/N-ethyl adjacent to an activating group) is 1. The van der Waals surface area contributed by atoms with E-state index in [2.05, 4.69) is 63.4 Å².